The number of benzene rings is 2. The average molecular weight is 487 g/mol. The van der Waals surface area contributed by atoms with Gasteiger partial charge < -0.3 is 20.4 Å². The highest BCUT2D eigenvalue weighted by Crippen LogP contribution is 2.37. The van der Waals surface area contributed by atoms with E-state index >= 15 is 0 Å². The van der Waals surface area contributed by atoms with Crippen LogP contribution in [-0.4, -0.2) is 41.7 Å². The fourth-order valence-electron chi connectivity index (χ4n) is 3.90. The van der Waals surface area contributed by atoms with Gasteiger partial charge in [-0.2, -0.15) is 0 Å². The minimum absolute atomic E-state index is 0.0684. The molecule has 1 aliphatic heterocycles. The van der Waals surface area contributed by atoms with Crippen LogP contribution in [0.4, 0.5) is 11.6 Å². The summed E-state index contributed by atoms with van der Waals surface area (Å²) < 4.78 is 5.75. The summed E-state index contributed by atoms with van der Waals surface area (Å²) >= 11 is 12.5. The maximum atomic E-state index is 12.7. The number of nitrogens with one attached hydrogen (secondary N) is 1. The summed E-state index contributed by atoms with van der Waals surface area (Å²) in [6.45, 7) is 2.06. The van der Waals surface area contributed by atoms with E-state index in [9.17, 15) is 9.59 Å². The van der Waals surface area contributed by atoms with Crippen molar-refractivity contribution in [2.45, 2.75) is 19.3 Å². The van der Waals surface area contributed by atoms with Crippen LogP contribution in [0.2, 0.25) is 10.0 Å². The Morgan fingerprint density at radius 3 is 2.36 bits per heavy atom. The number of aromatic nitrogens is 1. The summed E-state index contributed by atoms with van der Waals surface area (Å²) in [6.07, 6.45) is 2.64. The zero-order chi connectivity index (χ0) is 23.5. The monoisotopic (exact) mass is 486 g/mol. The molecule has 2 heterocycles. The number of hydrogen-bond acceptors (Lipinski definition) is 6. The van der Waals surface area contributed by atoms with Crippen molar-refractivity contribution in [1.29, 1.82) is 0 Å². The third kappa shape index (κ3) is 5.38. The molecular formula is C24H24Cl2N4O3. The summed E-state index contributed by atoms with van der Waals surface area (Å²) in [6, 6.07) is 12.0. The molecule has 1 aliphatic rings. The number of primary amides is 1. The van der Waals surface area contributed by atoms with Crippen LogP contribution in [0.1, 0.15) is 40.1 Å². The minimum atomic E-state index is -0.763. The molecule has 0 saturated carbocycles. The van der Waals surface area contributed by atoms with Crippen molar-refractivity contribution in [3.8, 4) is 11.5 Å². The predicted octanol–water partition coefficient (Wildman–Crippen LogP) is 5.41. The Labute approximate surface area is 201 Å². The van der Waals surface area contributed by atoms with Crippen LogP contribution in [0.5, 0.6) is 0 Å². The van der Waals surface area contributed by atoms with Gasteiger partial charge in [-0.15, -0.1) is 0 Å². The number of oxazole rings is 1. The van der Waals surface area contributed by atoms with Gasteiger partial charge in [0.1, 0.15) is 0 Å². The van der Waals surface area contributed by atoms with E-state index in [-0.39, 0.29) is 23.3 Å². The first-order valence-corrected chi connectivity index (χ1v) is 11.4. The number of nitrogens with two attached hydrogens (primary N) is 1. The molecule has 1 aromatic heterocycles. The lowest BCUT2D eigenvalue weighted by atomic mass is 9.90. The molecule has 0 unspecified atom stereocenters. The van der Waals surface area contributed by atoms with Crippen molar-refractivity contribution in [1.82, 2.24) is 9.88 Å². The Morgan fingerprint density at radius 2 is 1.76 bits per heavy atom. The largest absolute Gasteiger partial charge is 0.419 e. The average Bonchev–Trinajstić information content (AvgIpc) is 3.19. The second-order valence-electron chi connectivity index (χ2n) is 8.23. The molecule has 3 aromatic rings. The van der Waals surface area contributed by atoms with Crippen molar-refractivity contribution in [2.24, 2.45) is 11.7 Å². The molecular weight excluding hydrogens is 463 g/mol. The van der Waals surface area contributed by atoms with Crippen LogP contribution in [0.15, 0.2) is 46.9 Å². The number of hydrogen-bond donors (Lipinski definition) is 2. The first kappa shape index (κ1) is 23.3. The van der Waals surface area contributed by atoms with Gasteiger partial charge in [0.15, 0.2) is 11.5 Å². The second-order valence-corrected chi connectivity index (χ2v) is 9.05. The van der Waals surface area contributed by atoms with Gasteiger partial charge in [0.2, 0.25) is 11.8 Å². The Kier molecular flexibility index (Phi) is 7.02. The molecule has 0 aliphatic carbocycles. The number of likely N-dealkylation sites (tertiary alicyclic amines) is 1. The highest BCUT2D eigenvalue weighted by molar-refractivity contribution is 6.38. The number of halogens is 2. The summed E-state index contributed by atoms with van der Waals surface area (Å²) in [4.78, 5) is 31.1. The van der Waals surface area contributed by atoms with Gasteiger partial charge >= 0.3 is 0 Å². The van der Waals surface area contributed by atoms with Crippen molar-refractivity contribution in [2.75, 3.05) is 25.5 Å². The number of rotatable bonds is 7. The molecule has 4 rings (SSSR count). The minimum Gasteiger partial charge on any atom is -0.419 e. The number of amides is 1. The highest BCUT2D eigenvalue weighted by Gasteiger charge is 2.23. The van der Waals surface area contributed by atoms with Gasteiger partial charge in [-0.1, -0.05) is 29.3 Å². The lowest BCUT2D eigenvalue weighted by Crippen LogP contribution is -2.31. The number of carbonyl (C=O) groups excluding carboxylic acids is 2. The van der Waals surface area contributed by atoms with E-state index in [0.29, 0.717) is 39.2 Å². The molecule has 9 heteroatoms. The van der Waals surface area contributed by atoms with E-state index in [1.54, 1.807) is 42.5 Å². The summed E-state index contributed by atoms with van der Waals surface area (Å²) in [7, 11) is 2.11. The third-order valence-corrected chi connectivity index (χ3v) is 6.44. The first-order chi connectivity index (χ1) is 15.8. The standard InChI is InChI=1S/C24H24Cl2N4O3/c1-30-11-9-14(10-12-30)13-19(31)15-5-7-16(8-6-15)28-24-21(22(27)32)29-23(33-24)20-17(25)3-2-4-18(20)26/h2-8,14,28H,9-13H2,1H3,(H2,27,32). The number of anilines is 2. The molecule has 1 fully saturated rings. The van der Waals surface area contributed by atoms with E-state index in [0.717, 1.165) is 25.9 Å². The van der Waals surface area contributed by atoms with E-state index in [4.69, 9.17) is 33.4 Å². The quantitative estimate of drug-likeness (QED) is 0.433. The molecule has 33 heavy (non-hydrogen) atoms. The van der Waals surface area contributed by atoms with E-state index < -0.39 is 5.91 Å². The van der Waals surface area contributed by atoms with Gasteiger partial charge in [0.25, 0.3) is 5.91 Å². The summed E-state index contributed by atoms with van der Waals surface area (Å²) in [5.74, 6) is -0.0653. The summed E-state index contributed by atoms with van der Waals surface area (Å²) in [5, 5.41) is 3.67. The maximum absolute atomic E-state index is 12.7. The molecule has 3 N–H and O–H groups in total. The molecule has 2 aromatic carbocycles. The molecule has 1 amide bonds. The normalized spacial score (nSPS) is 14.9. The SMILES string of the molecule is CN1CCC(CC(=O)c2ccc(Nc3oc(-c4c(Cl)cccc4Cl)nc3C(N)=O)cc2)CC1. The van der Waals surface area contributed by atoms with Gasteiger partial charge in [-0.05, 0) is 75.3 Å². The molecule has 1 saturated heterocycles. The highest BCUT2D eigenvalue weighted by atomic mass is 35.5. The smallest absolute Gasteiger partial charge is 0.273 e. The Balaban J connectivity index is 1.50. The molecule has 7 nitrogen and oxygen atoms in total. The predicted molar refractivity (Wildman–Crippen MR) is 129 cm³/mol. The Hall–Kier alpha value is -2.87. The van der Waals surface area contributed by atoms with E-state index in [1.807, 2.05) is 0 Å². The fourth-order valence-corrected chi connectivity index (χ4v) is 4.46. The van der Waals surface area contributed by atoms with Crippen molar-refractivity contribution >= 4 is 46.5 Å². The first-order valence-electron chi connectivity index (χ1n) is 10.7. The zero-order valence-corrected chi connectivity index (χ0v) is 19.6. The zero-order valence-electron chi connectivity index (χ0n) is 18.1. The molecule has 0 radical (unpaired) electrons. The molecule has 172 valence electrons. The van der Waals surface area contributed by atoms with Gasteiger partial charge in [0, 0.05) is 17.7 Å². The van der Waals surface area contributed by atoms with Crippen LogP contribution >= 0.6 is 23.2 Å². The number of nitrogens with zero attached hydrogens (tertiary/aromatic N) is 2. The van der Waals surface area contributed by atoms with Crippen molar-refractivity contribution < 1.29 is 14.0 Å². The van der Waals surface area contributed by atoms with Crippen LogP contribution in [0.3, 0.4) is 0 Å². The lowest BCUT2D eigenvalue weighted by molar-refractivity contribution is 0.0935. The van der Waals surface area contributed by atoms with Crippen LogP contribution < -0.4 is 11.1 Å². The molecule has 0 atom stereocenters. The van der Waals surface area contributed by atoms with Gasteiger partial charge in [0.05, 0.1) is 15.6 Å². The van der Waals surface area contributed by atoms with Crippen LogP contribution in [-0.2, 0) is 0 Å². The van der Waals surface area contributed by atoms with Crippen molar-refractivity contribution in [3.05, 3.63) is 63.8 Å². The number of ketones is 1. The number of piperidine rings is 1. The van der Waals surface area contributed by atoms with Gasteiger partial charge in [-0.3, -0.25) is 9.59 Å². The molecule has 0 bridgehead atoms. The van der Waals surface area contributed by atoms with E-state index in [1.165, 1.54) is 0 Å². The Morgan fingerprint density at radius 1 is 1.12 bits per heavy atom. The van der Waals surface area contributed by atoms with Crippen molar-refractivity contribution in [3.63, 3.8) is 0 Å². The fraction of sp³-hybridized carbons (Fsp3) is 0.292. The maximum Gasteiger partial charge on any atom is 0.273 e. The number of carbonyl (C=O) groups is 2. The number of Topliss-reactive ketones (excluding diaryl/α,β-unsaturated/α-hetero) is 1. The van der Waals surface area contributed by atoms with Crippen LogP contribution in [0, 0.1) is 5.92 Å². The summed E-state index contributed by atoms with van der Waals surface area (Å²) in [5.41, 5.74) is 7.03. The second kappa shape index (κ2) is 9.95. The van der Waals surface area contributed by atoms with Gasteiger partial charge in [-0.25, -0.2) is 4.98 Å². The lowest BCUT2D eigenvalue weighted by Gasteiger charge is -2.28. The molecule has 0 spiro atoms. The third-order valence-electron chi connectivity index (χ3n) is 5.81. The van der Waals surface area contributed by atoms with E-state index in [2.05, 4.69) is 22.2 Å². The van der Waals surface area contributed by atoms with Crippen LogP contribution in [0.25, 0.3) is 11.5 Å². The topological polar surface area (TPSA) is 101 Å². The Bertz CT molecular complexity index is 1150.